The van der Waals surface area contributed by atoms with Crippen molar-refractivity contribution >= 4 is 14.0 Å². The molecule has 4 heteroatoms. The number of carbonyl (C=O) groups excluding carboxylic acids is 1. The van der Waals surface area contributed by atoms with Crippen molar-refractivity contribution in [3.8, 4) is 11.5 Å². The summed E-state index contributed by atoms with van der Waals surface area (Å²) in [5.74, 6) is 1.76. The molecule has 0 bridgehead atoms. The Hall–Kier alpha value is -1.21. The predicted molar refractivity (Wildman–Crippen MR) is 63.1 cm³/mol. The van der Waals surface area contributed by atoms with E-state index in [-0.39, 0.29) is 11.9 Å². The van der Waals surface area contributed by atoms with Crippen molar-refractivity contribution in [2.75, 3.05) is 0 Å². The molecule has 0 aromatic heterocycles. The molecule has 1 N–H and O–H groups in total. The van der Waals surface area contributed by atoms with E-state index in [2.05, 4.69) is 31.1 Å². The third-order valence-corrected chi connectivity index (χ3v) is 2.05. The molecule has 0 heterocycles. The molecule has 0 saturated heterocycles. The van der Waals surface area contributed by atoms with Crippen LogP contribution < -0.4 is 0 Å². The minimum atomic E-state index is -1.52. The van der Waals surface area contributed by atoms with Gasteiger partial charge in [-0.1, -0.05) is 19.6 Å². The summed E-state index contributed by atoms with van der Waals surface area (Å²) in [5, 5.41) is 9.30. The van der Waals surface area contributed by atoms with Crippen LogP contribution in [-0.4, -0.2) is 25.3 Å². The highest BCUT2D eigenvalue weighted by molar-refractivity contribution is 6.83. The predicted octanol–water partition coefficient (Wildman–Crippen LogP) is 2.26. The summed E-state index contributed by atoms with van der Waals surface area (Å²) in [7, 11) is -1.52. The molecular formula is C11H18O3Si. The molecule has 0 aliphatic heterocycles. The SMILES string of the molecule is CC(C)OC(=O)/C=C(\O)C#C[Si](C)(C)C. The molecule has 0 amide bonds. The van der Waals surface area contributed by atoms with Crippen molar-refractivity contribution in [2.45, 2.75) is 39.6 Å². The van der Waals surface area contributed by atoms with Crippen LogP contribution in [0.4, 0.5) is 0 Å². The lowest BCUT2D eigenvalue weighted by molar-refractivity contribution is -0.141. The van der Waals surface area contributed by atoms with Crippen LogP contribution in [0.2, 0.25) is 19.6 Å². The van der Waals surface area contributed by atoms with Crippen LogP contribution in [0, 0.1) is 11.5 Å². The number of esters is 1. The molecule has 0 rings (SSSR count). The second-order valence-electron chi connectivity index (χ2n) is 4.52. The van der Waals surface area contributed by atoms with E-state index in [9.17, 15) is 9.90 Å². The molecule has 3 nitrogen and oxygen atoms in total. The minimum absolute atomic E-state index is 0.188. The van der Waals surface area contributed by atoms with Gasteiger partial charge in [0.25, 0.3) is 0 Å². The van der Waals surface area contributed by atoms with E-state index in [1.165, 1.54) is 0 Å². The Morgan fingerprint density at radius 3 is 2.33 bits per heavy atom. The number of aliphatic hydroxyl groups is 1. The van der Waals surface area contributed by atoms with E-state index in [0.29, 0.717) is 0 Å². The quantitative estimate of drug-likeness (QED) is 0.258. The molecule has 0 fully saturated rings. The first-order valence-electron chi connectivity index (χ1n) is 4.85. The maximum Gasteiger partial charge on any atom is 0.335 e. The third kappa shape index (κ3) is 9.10. The van der Waals surface area contributed by atoms with E-state index in [0.717, 1.165) is 6.08 Å². The maximum absolute atomic E-state index is 11.1. The summed E-state index contributed by atoms with van der Waals surface area (Å²) < 4.78 is 4.82. The first kappa shape index (κ1) is 13.8. The van der Waals surface area contributed by atoms with Crippen LogP contribution in [0.15, 0.2) is 11.8 Å². The van der Waals surface area contributed by atoms with Gasteiger partial charge in [0.05, 0.1) is 12.2 Å². The molecule has 0 aliphatic carbocycles. The fraction of sp³-hybridized carbons (Fsp3) is 0.545. The van der Waals surface area contributed by atoms with E-state index in [1.807, 2.05) is 0 Å². The monoisotopic (exact) mass is 226 g/mol. The summed E-state index contributed by atoms with van der Waals surface area (Å²) in [6.45, 7) is 9.66. The lowest BCUT2D eigenvalue weighted by atomic mass is 10.4. The topological polar surface area (TPSA) is 46.5 Å². The zero-order valence-electron chi connectivity index (χ0n) is 9.92. The van der Waals surface area contributed by atoms with E-state index >= 15 is 0 Å². The summed E-state index contributed by atoms with van der Waals surface area (Å²) in [4.78, 5) is 11.1. The van der Waals surface area contributed by atoms with E-state index < -0.39 is 14.0 Å². The van der Waals surface area contributed by atoms with Gasteiger partial charge in [0, 0.05) is 0 Å². The molecule has 0 aromatic rings. The Kier molecular flexibility index (Phi) is 5.16. The first-order chi connectivity index (χ1) is 6.70. The van der Waals surface area contributed by atoms with Gasteiger partial charge in [-0.25, -0.2) is 4.79 Å². The van der Waals surface area contributed by atoms with Crippen LogP contribution in [0.3, 0.4) is 0 Å². The van der Waals surface area contributed by atoms with Crippen LogP contribution >= 0.6 is 0 Å². The van der Waals surface area contributed by atoms with Crippen molar-refractivity contribution in [3.05, 3.63) is 11.8 Å². The Bertz CT molecular complexity index is 313. The van der Waals surface area contributed by atoms with Crippen LogP contribution in [0.1, 0.15) is 13.8 Å². The average molecular weight is 226 g/mol. The molecule has 0 atom stereocenters. The molecule has 0 saturated carbocycles. The number of ether oxygens (including phenoxy) is 1. The van der Waals surface area contributed by atoms with Gasteiger partial charge in [0.15, 0.2) is 5.76 Å². The first-order valence-corrected chi connectivity index (χ1v) is 8.35. The number of hydrogen-bond donors (Lipinski definition) is 1. The number of aliphatic hydroxyl groups excluding tert-OH is 1. The molecule has 0 unspecified atom stereocenters. The second kappa shape index (κ2) is 5.62. The maximum atomic E-state index is 11.1. The summed E-state index contributed by atoms with van der Waals surface area (Å²) in [6, 6.07) is 0. The molecule has 0 radical (unpaired) electrons. The van der Waals surface area contributed by atoms with E-state index in [1.54, 1.807) is 13.8 Å². The van der Waals surface area contributed by atoms with Gasteiger partial charge < -0.3 is 9.84 Å². The summed E-state index contributed by atoms with van der Waals surface area (Å²) >= 11 is 0. The van der Waals surface area contributed by atoms with Gasteiger partial charge in [-0.2, -0.15) is 0 Å². The largest absolute Gasteiger partial charge is 0.501 e. The zero-order chi connectivity index (χ0) is 12.1. The van der Waals surface area contributed by atoms with Crippen LogP contribution in [0.5, 0.6) is 0 Å². The van der Waals surface area contributed by atoms with Crippen molar-refractivity contribution in [1.29, 1.82) is 0 Å². The standard InChI is InChI=1S/C11H18O3Si/c1-9(2)14-11(13)8-10(12)6-7-15(3,4)5/h8-9,12H,1-5H3/b10-8-. The van der Waals surface area contributed by atoms with Gasteiger partial charge in [-0.05, 0) is 19.8 Å². The van der Waals surface area contributed by atoms with Gasteiger partial charge in [0.1, 0.15) is 8.07 Å². The molecule has 0 aliphatic rings. The number of allylic oxidation sites excluding steroid dienone is 1. The highest BCUT2D eigenvalue weighted by atomic mass is 28.3. The molecule has 0 spiro atoms. The number of carbonyl (C=O) groups is 1. The lowest BCUT2D eigenvalue weighted by Gasteiger charge is -2.04. The minimum Gasteiger partial charge on any atom is -0.501 e. The molecule has 0 aromatic carbocycles. The molecular weight excluding hydrogens is 208 g/mol. The van der Waals surface area contributed by atoms with Crippen LogP contribution in [-0.2, 0) is 9.53 Å². The number of hydrogen-bond acceptors (Lipinski definition) is 3. The van der Waals surface area contributed by atoms with Crippen molar-refractivity contribution in [3.63, 3.8) is 0 Å². The fourth-order valence-electron chi connectivity index (χ4n) is 0.666. The lowest BCUT2D eigenvalue weighted by Crippen LogP contribution is -2.16. The van der Waals surface area contributed by atoms with Gasteiger partial charge in [-0.15, -0.1) is 5.54 Å². The van der Waals surface area contributed by atoms with E-state index in [4.69, 9.17) is 4.74 Å². The second-order valence-corrected chi connectivity index (χ2v) is 9.27. The third-order valence-electron chi connectivity index (χ3n) is 1.17. The Morgan fingerprint density at radius 1 is 1.40 bits per heavy atom. The average Bonchev–Trinajstić information content (AvgIpc) is 1.97. The van der Waals surface area contributed by atoms with Crippen molar-refractivity contribution in [2.24, 2.45) is 0 Å². The Labute approximate surface area is 92.1 Å². The number of rotatable bonds is 2. The Balaban J connectivity index is 4.43. The summed E-state index contributed by atoms with van der Waals surface area (Å²) in [6.07, 6.45) is 0.819. The van der Waals surface area contributed by atoms with Gasteiger partial charge >= 0.3 is 5.97 Å². The smallest absolute Gasteiger partial charge is 0.335 e. The zero-order valence-corrected chi connectivity index (χ0v) is 10.9. The molecule has 84 valence electrons. The Morgan fingerprint density at radius 2 is 1.93 bits per heavy atom. The highest BCUT2D eigenvalue weighted by Crippen LogP contribution is 1.98. The van der Waals surface area contributed by atoms with Crippen molar-refractivity contribution in [1.82, 2.24) is 0 Å². The fourth-order valence-corrected chi connectivity index (χ4v) is 1.17. The van der Waals surface area contributed by atoms with Gasteiger partial charge in [-0.3, -0.25) is 0 Å². The summed E-state index contributed by atoms with van der Waals surface area (Å²) in [5.41, 5.74) is 2.94. The highest BCUT2D eigenvalue weighted by Gasteiger charge is 2.08. The van der Waals surface area contributed by atoms with Crippen LogP contribution in [0.25, 0.3) is 0 Å². The van der Waals surface area contributed by atoms with Gasteiger partial charge in [0.2, 0.25) is 0 Å². The molecule has 15 heavy (non-hydrogen) atoms. The normalized spacial score (nSPS) is 12.0. The van der Waals surface area contributed by atoms with Crippen molar-refractivity contribution < 1.29 is 14.6 Å².